The van der Waals surface area contributed by atoms with E-state index in [-0.39, 0.29) is 11.9 Å². The average molecular weight is 339 g/mol. The van der Waals surface area contributed by atoms with Crippen LogP contribution in [0.25, 0.3) is 0 Å². The molecule has 4 heteroatoms. The van der Waals surface area contributed by atoms with Crippen molar-refractivity contribution < 1.29 is 4.79 Å². The third-order valence-corrected chi connectivity index (χ3v) is 4.74. The molecule has 1 aliphatic carbocycles. The van der Waals surface area contributed by atoms with Crippen molar-refractivity contribution in [3.8, 4) is 0 Å². The Kier molecular flexibility index (Phi) is 5.19. The third-order valence-electron chi connectivity index (χ3n) is 4.31. The fourth-order valence-electron chi connectivity index (χ4n) is 3.16. The van der Waals surface area contributed by atoms with Crippen molar-refractivity contribution in [2.24, 2.45) is 17.8 Å². The molecule has 0 spiro atoms. The molecule has 0 saturated heterocycles. The number of carbonyl (C=O) groups excluding carboxylic acids is 1. The highest BCUT2D eigenvalue weighted by Gasteiger charge is 2.31. The molecule has 0 aromatic carbocycles. The summed E-state index contributed by atoms with van der Waals surface area (Å²) in [5, 5.41) is 3.22. The maximum atomic E-state index is 12.4. The zero-order chi connectivity index (χ0) is 14.7. The van der Waals surface area contributed by atoms with Gasteiger partial charge in [0.25, 0.3) is 5.91 Å². The summed E-state index contributed by atoms with van der Waals surface area (Å²) in [6.07, 6.45) is 6.87. The first-order chi connectivity index (χ1) is 9.47. The highest BCUT2D eigenvalue weighted by molar-refractivity contribution is 9.10. The van der Waals surface area contributed by atoms with E-state index in [2.05, 4.69) is 47.0 Å². The minimum Gasteiger partial charge on any atom is -0.349 e. The van der Waals surface area contributed by atoms with Gasteiger partial charge in [-0.2, -0.15) is 0 Å². The fourth-order valence-corrected chi connectivity index (χ4v) is 3.52. The topological polar surface area (TPSA) is 42.0 Å². The Bertz CT molecular complexity index is 475. The maximum Gasteiger partial charge on any atom is 0.253 e. The van der Waals surface area contributed by atoms with Gasteiger partial charge in [0.2, 0.25) is 0 Å². The van der Waals surface area contributed by atoms with Gasteiger partial charge in [-0.05, 0) is 52.6 Å². The molecule has 3 atom stereocenters. The van der Waals surface area contributed by atoms with Crippen LogP contribution in [0.15, 0.2) is 22.9 Å². The highest BCUT2D eigenvalue weighted by Crippen LogP contribution is 2.33. The van der Waals surface area contributed by atoms with E-state index in [1.165, 1.54) is 12.8 Å². The van der Waals surface area contributed by atoms with Crippen molar-refractivity contribution >= 4 is 21.8 Å². The predicted molar refractivity (Wildman–Crippen MR) is 84.5 cm³/mol. The Morgan fingerprint density at radius 3 is 2.80 bits per heavy atom. The summed E-state index contributed by atoms with van der Waals surface area (Å²) in [5.41, 5.74) is 0.625. The lowest BCUT2D eigenvalue weighted by atomic mass is 9.74. The van der Waals surface area contributed by atoms with Gasteiger partial charge in [-0.3, -0.25) is 9.78 Å². The second-order valence-electron chi connectivity index (χ2n) is 6.30. The lowest BCUT2D eigenvalue weighted by Gasteiger charge is -2.37. The summed E-state index contributed by atoms with van der Waals surface area (Å²) < 4.78 is 0.836. The van der Waals surface area contributed by atoms with Crippen LogP contribution in [0.3, 0.4) is 0 Å². The number of halogens is 1. The number of nitrogens with zero attached hydrogens (tertiary/aromatic N) is 1. The molecule has 1 aromatic heterocycles. The van der Waals surface area contributed by atoms with Crippen molar-refractivity contribution in [1.82, 2.24) is 10.3 Å². The number of rotatable bonds is 3. The molecule has 110 valence electrons. The molecule has 3 unspecified atom stereocenters. The Morgan fingerprint density at radius 2 is 2.15 bits per heavy atom. The molecule has 1 saturated carbocycles. The smallest absolute Gasteiger partial charge is 0.253 e. The second-order valence-corrected chi connectivity index (χ2v) is 7.21. The van der Waals surface area contributed by atoms with Gasteiger partial charge >= 0.3 is 0 Å². The summed E-state index contributed by atoms with van der Waals surface area (Å²) >= 11 is 3.36. The van der Waals surface area contributed by atoms with Crippen molar-refractivity contribution in [3.05, 3.63) is 28.5 Å². The number of carbonyl (C=O) groups is 1. The van der Waals surface area contributed by atoms with Gasteiger partial charge in [0.15, 0.2) is 0 Å². The first-order valence-electron chi connectivity index (χ1n) is 7.38. The van der Waals surface area contributed by atoms with E-state index in [1.807, 2.05) is 6.07 Å². The molecule has 1 fully saturated rings. The number of hydrogen-bond donors (Lipinski definition) is 1. The van der Waals surface area contributed by atoms with Gasteiger partial charge < -0.3 is 5.32 Å². The quantitative estimate of drug-likeness (QED) is 0.903. The van der Waals surface area contributed by atoms with Crippen molar-refractivity contribution in [2.45, 2.75) is 46.1 Å². The van der Waals surface area contributed by atoms with E-state index >= 15 is 0 Å². The minimum atomic E-state index is -0.0106. The van der Waals surface area contributed by atoms with Crippen LogP contribution in [0.5, 0.6) is 0 Å². The predicted octanol–water partition coefficient (Wildman–Crippen LogP) is 4.03. The van der Waals surface area contributed by atoms with Crippen LogP contribution in [-0.2, 0) is 0 Å². The molecule has 1 N–H and O–H groups in total. The van der Waals surface area contributed by atoms with Crippen LogP contribution in [0, 0.1) is 17.8 Å². The molecular weight excluding hydrogens is 316 g/mol. The van der Waals surface area contributed by atoms with Gasteiger partial charge in [0, 0.05) is 22.9 Å². The highest BCUT2D eigenvalue weighted by atomic mass is 79.9. The first kappa shape index (κ1) is 15.5. The molecule has 1 amide bonds. The number of aromatic nitrogens is 1. The van der Waals surface area contributed by atoms with Gasteiger partial charge in [-0.25, -0.2) is 0 Å². The molecular formula is C16H23BrN2O. The van der Waals surface area contributed by atoms with Gasteiger partial charge in [-0.1, -0.05) is 27.2 Å². The number of nitrogens with one attached hydrogen (secondary N) is 1. The lowest BCUT2D eigenvalue weighted by molar-refractivity contribution is 0.0867. The van der Waals surface area contributed by atoms with Crippen LogP contribution in [0.1, 0.15) is 50.4 Å². The number of amides is 1. The van der Waals surface area contributed by atoms with Crippen LogP contribution >= 0.6 is 15.9 Å². The molecule has 0 radical (unpaired) electrons. The SMILES string of the molecule is CC1CCC(C(C)C)C(NC(=O)c2cncc(Br)c2)C1. The van der Waals surface area contributed by atoms with Crippen molar-refractivity contribution in [1.29, 1.82) is 0 Å². The van der Waals surface area contributed by atoms with Crippen LogP contribution in [0.2, 0.25) is 0 Å². The second kappa shape index (κ2) is 6.70. The van der Waals surface area contributed by atoms with Gasteiger partial charge in [0.1, 0.15) is 0 Å². The van der Waals surface area contributed by atoms with E-state index in [0.717, 1.165) is 10.9 Å². The molecule has 3 nitrogen and oxygen atoms in total. The lowest BCUT2D eigenvalue weighted by Crippen LogP contribution is -2.45. The van der Waals surface area contributed by atoms with E-state index in [1.54, 1.807) is 12.4 Å². The van der Waals surface area contributed by atoms with Crippen LogP contribution in [0.4, 0.5) is 0 Å². The van der Waals surface area contributed by atoms with Crippen LogP contribution in [-0.4, -0.2) is 16.9 Å². The molecule has 1 aromatic rings. The summed E-state index contributed by atoms with van der Waals surface area (Å²) in [7, 11) is 0. The summed E-state index contributed by atoms with van der Waals surface area (Å²) in [6.45, 7) is 6.78. The monoisotopic (exact) mass is 338 g/mol. The normalized spacial score (nSPS) is 26.6. The molecule has 0 aliphatic heterocycles. The summed E-state index contributed by atoms with van der Waals surface area (Å²) in [4.78, 5) is 16.4. The third kappa shape index (κ3) is 3.81. The van der Waals surface area contributed by atoms with Crippen LogP contribution < -0.4 is 5.32 Å². The molecule has 0 bridgehead atoms. The Morgan fingerprint density at radius 1 is 1.40 bits per heavy atom. The van der Waals surface area contributed by atoms with E-state index in [0.29, 0.717) is 23.3 Å². The zero-order valence-electron chi connectivity index (χ0n) is 12.4. The molecule has 1 heterocycles. The van der Waals surface area contributed by atoms with Gasteiger partial charge in [0.05, 0.1) is 5.56 Å². The van der Waals surface area contributed by atoms with Crippen molar-refractivity contribution in [3.63, 3.8) is 0 Å². The number of pyridine rings is 1. The Balaban J connectivity index is 2.08. The van der Waals surface area contributed by atoms with E-state index < -0.39 is 0 Å². The molecule has 20 heavy (non-hydrogen) atoms. The molecule has 1 aliphatic rings. The maximum absolute atomic E-state index is 12.4. The average Bonchev–Trinajstić information content (AvgIpc) is 2.38. The largest absolute Gasteiger partial charge is 0.349 e. The van der Waals surface area contributed by atoms with Gasteiger partial charge in [-0.15, -0.1) is 0 Å². The number of hydrogen-bond acceptors (Lipinski definition) is 2. The van der Waals surface area contributed by atoms with E-state index in [9.17, 15) is 4.79 Å². The Hall–Kier alpha value is -0.900. The van der Waals surface area contributed by atoms with Crippen molar-refractivity contribution in [2.75, 3.05) is 0 Å². The zero-order valence-corrected chi connectivity index (χ0v) is 14.0. The Labute approximate surface area is 129 Å². The summed E-state index contributed by atoms with van der Waals surface area (Å²) in [6, 6.07) is 2.10. The molecule has 2 rings (SSSR count). The summed E-state index contributed by atoms with van der Waals surface area (Å²) in [5.74, 6) is 1.86. The first-order valence-corrected chi connectivity index (χ1v) is 8.18. The van der Waals surface area contributed by atoms with E-state index in [4.69, 9.17) is 0 Å². The minimum absolute atomic E-state index is 0.0106. The fraction of sp³-hybridized carbons (Fsp3) is 0.625. The standard InChI is InChI=1S/C16H23BrN2O/c1-10(2)14-5-4-11(3)6-15(14)19-16(20)12-7-13(17)9-18-8-12/h7-11,14-15H,4-6H2,1-3H3,(H,19,20).